The lowest BCUT2D eigenvalue weighted by molar-refractivity contribution is 0.860. The summed E-state index contributed by atoms with van der Waals surface area (Å²) < 4.78 is 0. The van der Waals surface area contributed by atoms with Crippen LogP contribution in [0.25, 0.3) is 0 Å². The first-order valence-electron chi connectivity index (χ1n) is 4.74. The van der Waals surface area contributed by atoms with E-state index < -0.39 is 0 Å². The molecule has 1 rings (SSSR count). The third kappa shape index (κ3) is 3.95. The van der Waals surface area contributed by atoms with Gasteiger partial charge in [0.25, 0.3) is 0 Å². The molecule has 14 heavy (non-hydrogen) atoms. The van der Waals surface area contributed by atoms with E-state index in [1.54, 1.807) is 0 Å². The van der Waals surface area contributed by atoms with E-state index in [1.807, 2.05) is 0 Å². The molecule has 0 N–H and O–H groups in total. The van der Waals surface area contributed by atoms with E-state index in [-0.39, 0.29) is 14.9 Å². The van der Waals surface area contributed by atoms with E-state index in [1.165, 1.54) is 16.7 Å². The summed E-state index contributed by atoms with van der Waals surface area (Å²) >= 11 is 0. The Bertz CT molecular complexity index is 259. The standard InChI is InChI=1S/C12H18.2CH4/c1-5-11-6-10(4)7-12(8-11)9(2)3;;/h6-9H,5H2,1-4H3;2*1H4. The van der Waals surface area contributed by atoms with Crippen molar-refractivity contribution in [2.45, 2.75) is 54.9 Å². The van der Waals surface area contributed by atoms with Crippen LogP contribution in [0.2, 0.25) is 0 Å². The zero-order chi connectivity index (χ0) is 9.14. The molecule has 0 radical (unpaired) electrons. The van der Waals surface area contributed by atoms with Crippen LogP contribution in [0.5, 0.6) is 0 Å². The molecule has 0 heteroatoms. The molecule has 82 valence electrons. The minimum atomic E-state index is 0. The van der Waals surface area contributed by atoms with Crippen LogP contribution in [0.15, 0.2) is 18.2 Å². The lowest BCUT2D eigenvalue weighted by Gasteiger charge is -2.08. The fourth-order valence-electron chi connectivity index (χ4n) is 1.43. The maximum Gasteiger partial charge on any atom is -0.0219 e. The second-order valence-electron chi connectivity index (χ2n) is 3.76. The van der Waals surface area contributed by atoms with Crippen LogP contribution in [0, 0.1) is 6.92 Å². The molecular weight excluding hydrogens is 168 g/mol. The number of hydrogen-bond acceptors (Lipinski definition) is 0. The van der Waals surface area contributed by atoms with Gasteiger partial charge in [-0.2, -0.15) is 0 Å². The van der Waals surface area contributed by atoms with Crippen molar-refractivity contribution >= 4 is 0 Å². The van der Waals surface area contributed by atoms with Gasteiger partial charge in [-0.3, -0.25) is 0 Å². The first kappa shape index (κ1) is 15.7. The second-order valence-corrected chi connectivity index (χ2v) is 3.76. The Kier molecular flexibility index (Phi) is 7.44. The van der Waals surface area contributed by atoms with Crippen LogP contribution in [0.3, 0.4) is 0 Å². The lowest BCUT2D eigenvalue weighted by atomic mass is 9.97. The largest absolute Gasteiger partial charge is 0.0776 e. The van der Waals surface area contributed by atoms with Gasteiger partial charge in [-0.25, -0.2) is 0 Å². The molecule has 0 aliphatic carbocycles. The molecule has 0 aliphatic heterocycles. The molecule has 0 saturated heterocycles. The maximum absolute atomic E-state index is 2.32. The third-order valence-electron chi connectivity index (χ3n) is 2.23. The number of rotatable bonds is 2. The van der Waals surface area contributed by atoms with Crippen molar-refractivity contribution in [1.82, 2.24) is 0 Å². The minimum Gasteiger partial charge on any atom is -0.0776 e. The van der Waals surface area contributed by atoms with Crippen molar-refractivity contribution in [3.63, 3.8) is 0 Å². The highest BCUT2D eigenvalue weighted by Gasteiger charge is 2.00. The number of benzene rings is 1. The highest BCUT2D eigenvalue weighted by molar-refractivity contribution is 5.31. The molecule has 0 saturated carbocycles. The van der Waals surface area contributed by atoms with Gasteiger partial charge in [-0.05, 0) is 30.4 Å². The molecule has 1 aromatic rings. The lowest BCUT2D eigenvalue weighted by Crippen LogP contribution is -1.91. The van der Waals surface area contributed by atoms with E-state index in [0.717, 1.165) is 6.42 Å². The molecule has 0 fully saturated rings. The van der Waals surface area contributed by atoms with Crippen LogP contribution in [-0.2, 0) is 6.42 Å². The van der Waals surface area contributed by atoms with Gasteiger partial charge >= 0.3 is 0 Å². The zero-order valence-electron chi connectivity index (χ0n) is 8.52. The average molecular weight is 194 g/mol. The Labute approximate surface area is 90.4 Å². The normalized spacial score (nSPS) is 9.21. The summed E-state index contributed by atoms with van der Waals surface area (Å²) in [4.78, 5) is 0. The fraction of sp³-hybridized carbons (Fsp3) is 0.571. The van der Waals surface area contributed by atoms with Gasteiger partial charge in [0, 0.05) is 0 Å². The first-order chi connectivity index (χ1) is 5.63. The number of aryl methyl sites for hydroxylation is 2. The number of hydrogen-bond donors (Lipinski definition) is 0. The molecule has 0 nitrogen and oxygen atoms in total. The molecule has 1 aromatic carbocycles. The summed E-state index contributed by atoms with van der Waals surface area (Å²) in [5.74, 6) is 0.648. The van der Waals surface area contributed by atoms with Crippen LogP contribution in [0.1, 0.15) is 58.2 Å². The summed E-state index contributed by atoms with van der Waals surface area (Å²) in [5.41, 5.74) is 4.31. The summed E-state index contributed by atoms with van der Waals surface area (Å²) in [6, 6.07) is 6.87. The summed E-state index contributed by atoms with van der Waals surface area (Å²) in [6.07, 6.45) is 1.14. The zero-order valence-corrected chi connectivity index (χ0v) is 8.52. The fourth-order valence-corrected chi connectivity index (χ4v) is 1.43. The van der Waals surface area contributed by atoms with Gasteiger partial charge in [0.05, 0.1) is 0 Å². The second kappa shape index (κ2) is 6.64. The van der Waals surface area contributed by atoms with E-state index in [9.17, 15) is 0 Å². The highest BCUT2D eigenvalue weighted by Crippen LogP contribution is 2.18. The van der Waals surface area contributed by atoms with Crippen molar-refractivity contribution in [2.75, 3.05) is 0 Å². The molecule has 0 spiro atoms. The van der Waals surface area contributed by atoms with Crippen LogP contribution < -0.4 is 0 Å². The SMILES string of the molecule is C.C.CCc1cc(C)cc(C(C)C)c1. The van der Waals surface area contributed by atoms with Crippen molar-refractivity contribution in [3.8, 4) is 0 Å². The predicted molar refractivity (Wildman–Crippen MR) is 68.1 cm³/mol. The van der Waals surface area contributed by atoms with E-state index in [0.29, 0.717) is 5.92 Å². The van der Waals surface area contributed by atoms with Crippen molar-refractivity contribution in [2.24, 2.45) is 0 Å². The Morgan fingerprint density at radius 1 is 1.07 bits per heavy atom. The molecular formula is C14H26. The Morgan fingerprint density at radius 2 is 1.64 bits per heavy atom. The predicted octanol–water partition coefficient (Wildman–Crippen LogP) is 4.95. The Hall–Kier alpha value is -0.780. The Morgan fingerprint density at radius 3 is 2.07 bits per heavy atom. The topological polar surface area (TPSA) is 0 Å². The van der Waals surface area contributed by atoms with Gasteiger partial charge in [0.1, 0.15) is 0 Å². The molecule has 0 amide bonds. The van der Waals surface area contributed by atoms with Gasteiger partial charge in [-0.15, -0.1) is 0 Å². The van der Waals surface area contributed by atoms with E-state index in [4.69, 9.17) is 0 Å². The summed E-state index contributed by atoms with van der Waals surface area (Å²) in [5, 5.41) is 0. The summed E-state index contributed by atoms with van der Waals surface area (Å²) in [6.45, 7) is 8.87. The van der Waals surface area contributed by atoms with Crippen molar-refractivity contribution < 1.29 is 0 Å². The van der Waals surface area contributed by atoms with Crippen LogP contribution in [-0.4, -0.2) is 0 Å². The monoisotopic (exact) mass is 194 g/mol. The minimum absolute atomic E-state index is 0. The van der Waals surface area contributed by atoms with Crippen molar-refractivity contribution in [1.29, 1.82) is 0 Å². The van der Waals surface area contributed by atoms with E-state index in [2.05, 4.69) is 45.9 Å². The Balaban J connectivity index is 0. The van der Waals surface area contributed by atoms with Crippen LogP contribution in [0.4, 0.5) is 0 Å². The molecule has 0 aromatic heterocycles. The first-order valence-corrected chi connectivity index (χ1v) is 4.74. The van der Waals surface area contributed by atoms with Gasteiger partial charge in [-0.1, -0.05) is 59.4 Å². The third-order valence-corrected chi connectivity index (χ3v) is 2.23. The smallest absolute Gasteiger partial charge is 0.0219 e. The molecule has 0 atom stereocenters. The van der Waals surface area contributed by atoms with Crippen LogP contribution >= 0.6 is 0 Å². The molecule has 0 unspecified atom stereocenters. The van der Waals surface area contributed by atoms with Gasteiger partial charge < -0.3 is 0 Å². The van der Waals surface area contributed by atoms with Crippen molar-refractivity contribution in [3.05, 3.63) is 34.9 Å². The maximum atomic E-state index is 2.32. The molecule has 0 aliphatic rings. The highest BCUT2D eigenvalue weighted by atomic mass is 14.1. The molecule has 0 bridgehead atoms. The van der Waals surface area contributed by atoms with Gasteiger partial charge in [0.2, 0.25) is 0 Å². The molecule has 0 heterocycles. The quantitative estimate of drug-likeness (QED) is 0.624. The average Bonchev–Trinajstić information content (AvgIpc) is 2.03. The van der Waals surface area contributed by atoms with E-state index >= 15 is 0 Å². The van der Waals surface area contributed by atoms with Gasteiger partial charge in [0.15, 0.2) is 0 Å². The summed E-state index contributed by atoms with van der Waals surface area (Å²) in [7, 11) is 0.